The lowest BCUT2D eigenvalue weighted by atomic mass is 10.1. The summed E-state index contributed by atoms with van der Waals surface area (Å²) in [5.41, 5.74) is 2.64. The molecule has 1 heterocycles. The van der Waals surface area contributed by atoms with Gasteiger partial charge in [-0.05, 0) is 56.5 Å². The minimum absolute atomic E-state index is 0.0538. The fourth-order valence-electron chi connectivity index (χ4n) is 2.10. The zero-order chi connectivity index (χ0) is 15.2. The van der Waals surface area contributed by atoms with Crippen LogP contribution in [0.1, 0.15) is 35.7 Å². The number of aliphatic hydroxyl groups is 1. The van der Waals surface area contributed by atoms with E-state index < -0.39 is 0 Å². The van der Waals surface area contributed by atoms with Crippen molar-refractivity contribution in [3.63, 3.8) is 0 Å². The summed E-state index contributed by atoms with van der Waals surface area (Å²) in [6.45, 7) is 4.08. The SMILES string of the molecule is Cc1cnn(-c2ccc(C(=O)NC(C)CCCO)cc2)c1. The van der Waals surface area contributed by atoms with Crippen LogP contribution in [-0.2, 0) is 0 Å². The molecule has 1 amide bonds. The first-order valence-electron chi connectivity index (χ1n) is 7.13. The summed E-state index contributed by atoms with van der Waals surface area (Å²) in [5, 5.41) is 15.9. The second kappa shape index (κ2) is 7.04. The van der Waals surface area contributed by atoms with Crippen LogP contribution in [-0.4, -0.2) is 33.4 Å². The van der Waals surface area contributed by atoms with Crippen LogP contribution in [0.25, 0.3) is 5.69 Å². The molecule has 1 atom stereocenters. The molecule has 1 aromatic carbocycles. The number of amides is 1. The van der Waals surface area contributed by atoms with Crippen molar-refractivity contribution in [3.05, 3.63) is 47.8 Å². The molecule has 0 bridgehead atoms. The van der Waals surface area contributed by atoms with E-state index in [1.54, 1.807) is 23.0 Å². The molecule has 0 aliphatic rings. The van der Waals surface area contributed by atoms with Crippen molar-refractivity contribution in [3.8, 4) is 5.69 Å². The predicted octanol–water partition coefficient (Wildman–Crippen LogP) is 2.07. The van der Waals surface area contributed by atoms with Crippen molar-refractivity contribution < 1.29 is 9.90 Å². The fourth-order valence-corrected chi connectivity index (χ4v) is 2.10. The van der Waals surface area contributed by atoms with Gasteiger partial charge in [0.1, 0.15) is 0 Å². The van der Waals surface area contributed by atoms with Gasteiger partial charge < -0.3 is 10.4 Å². The Bertz CT molecular complexity index is 590. The Kier molecular flexibility index (Phi) is 5.11. The largest absolute Gasteiger partial charge is 0.396 e. The molecule has 0 saturated heterocycles. The minimum atomic E-state index is -0.0939. The van der Waals surface area contributed by atoms with E-state index in [1.807, 2.05) is 32.2 Å². The summed E-state index contributed by atoms with van der Waals surface area (Å²) in [6, 6.07) is 7.39. The fraction of sp³-hybridized carbons (Fsp3) is 0.375. The number of aliphatic hydroxyl groups excluding tert-OH is 1. The zero-order valence-electron chi connectivity index (χ0n) is 12.4. The van der Waals surface area contributed by atoms with Gasteiger partial charge in [-0.1, -0.05) is 0 Å². The van der Waals surface area contributed by atoms with Crippen LogP contribution in [0.15, 0.2) is 36.7 Å². The second-order valence-corrected chi connectivity index (χ2v) is 5.25. The number of nitrogens with zero attached hydrogens (tertiary/aromatic N) is 2. The van der Waals surface area contributed by atoms with E-state index in [2.05, 4.69) is 10.4 Å². The first-order valence-corrected chi connectivity index (χ1v) is 7.13. The quantitative estimate of drug-likeness (QED) is 0.854. The molecule has 5 nitrogen and oxygen atoms in total. The maximum Gasteiger partial charge on any atom is 0.251 e. The van der Waals surface area contributed by atoms with Crippen LogP contribution < -0.4 is 5.32 Å². The molecule has 1 aromatic heterocycles. The third kappa shape index (κ3) is 4.16. The Morgan fingerprint density at radius 1 is 1.38 bits per heavy atom. The number of carbonyl (C=O) groups excluding carboxylic acids is 1. The Hall–Kier alpha value is -2.14. The standard InChI is InChI=1S/C16H21N3O2/c1-12-10-17-19(11-12)15-7-5-14(6-8-15)16(21)18-13(2)4-3-9-20/h5-8,10-11,13,20H,3-4,9H2,1-2H3,(H,18,21). The molecular weight excluding hydrogens is 266 g/mol. The number of benzene rings is 1. The van der Waals surface area contributed by atoms with Gasteiger partial charge in [0.25, 0.3) is 5.91 Å². The molecule has 0 aliphatic heterocycles. The average Bonchev–Trinajstić information content (AvgIpc) is 2.92. The lowest BCUT2D eigenvalue weighted by Crippen LogP contribution is -2.32. The number of nitrogens with one attached hydrogen (secondary N) is 1. The summed E-state index contributed by atoms with van der Waals surface area (Å²) in [4.78, 5) is 12.1. The molecule has 2 aromatic rings. The molecule has 112 valence electrons. The molecule has 2 rings (SSSR count). The van der Waals surface area contributed by atoms with E-state index in [4.69, 9.17) is 5.11 Å². The number of hydrogen-bond donors (Lipinski definition) is 2. The second-order valence-electron chi connectivity index (χ2n) is 5.25. The number of hydrogen-bond acceptors (Lipinski definition) is 3. The topological polar surface area (TPSA) is 67.2 Å². The smallest absolute Gasteiger partial charge is 0.251 e. The highest BCUT2D eigenvalue weighted by molar-refractivity contribution is 5.94. The maximum atomic E-state index is 12.1. The van der Waals surface area contributed by atoms with Crippen LogP contribution in [0.2, 0.25) is 0 Å². The molecule has 0 radical (unpaired) electrons. The number of aromatic nitrogens is 2. The monoisotopic (exact) mass is 287 g/mol. The zero-order valence-corrected chi connectivity index (χ0v) is 12.4. The van der Waals surface area contributed by atoms with Crippen molar-refractivity contribution in [2.45, 2.75) is 32.7 Å². The van der Waals surface area contributed by atoms with Crippen LogP contribution in [0, 0.1) is 6.92 Å². The third-order valence-electron chi connectivity index (χ3n) is 3.28. The molecule has 0 saturated carbocycles. The van der Waals surface area contributed by atoms with Gasteiger partial charge in [0, 0.05) is 24.4 Å². The van der Waals surface area contributed by atoms with E-state index in [-0.39, 0.29) is 18.6 Å². The van der Waals surface area contributed by atoms with Crippen LogP contribution in [0.4, 0.5) is 0 Å². The minimum Gasteiger partial charge on any atom is -0.396 e. The summed E-state index contributed by atoms with van der Waals surface area (Å²) in [5.74, 6) is -0.0939. The van der Waals surface area contributed by atoms with Gasteiger partial charge >= 0.3 is 0 Å². The average molecular weight is 287 g/mol. The number of carbonyl (C=O) groups is 1. The molecule has 2 N–H and O–H groups in total. The van der Waals surface area contributed by atoms with Gasteiger partial charge in [-0.15, -0.1) is 0 Å². The lowest BCUT2D eigenvalue weighted by Gasteiger charge is -2.13. The highest BCUT2D eigenvalue weighted by atomic mass is 16.3. The first kappa shape index (κ1) is 15.3. The van der Waals surface area contributed by atoms with Crippen LogP contribution in [0.5, 0.6) is 0 Å². The normalized spacial score (nSPS) is 12.1. The lowest BCUT2D eigenvalue weighted by molar-refractivity contribution is 0.0936. The Balaban J connectivity index is 2.00. The van der Waals surface area contributed by atoms with Gasteiger partial charge in [-0.25, -0.2) is 4.68 Å². The molecule has 1 unspecified atom stereocenters. The van der Waals surface area contributed by atoms with Gasteiger partial charge in [0.2, 0.25) is 0 Å². The maximum absolute atomic E-state index is 12.1. The van der Waals surface area contributed by atoms with E-state index in [0.29, 0.717) is 12.0 Å². The van der Waals surface area contributed by atoms with Crippen LogP contribution >= 0.6 is 0 Å². The van der Waals surface area contributed by atoms with Crippen molar-refractivity contribution in [1.29, 1.82) is 0 Å². The molecular formula is C16H21N3O2. The van der Waals surface area contributed by atoms with Gasteiger partial charge in [-0.3, -0.25) is 4.79 Å². The predicted molar refractivity (Wildman–Crippen MR) is 81.5 cm³/mol. The molecule has 5 heteroatoms. The molecule has 0 aliphatic carbocycles. The number of aryl methyl sites for hydroxylation is 1. The first-order chi connectivity index (χ1) is 10.1. The summed E-state index contributed by atoms with van der Waals surface area (Å²) in [7, 11) is 0. The van der Waals surface area contributed by atoms with Gasteiger partial charge in [0.15, 0.2) is 0 Å². The highest BCUT2D eigenvalue weighted by Crippen LogP contribution is 2.10. The number of rotatable bonds is 6. The van der Waals surface area contributed by atoms with Crippen molar-refractivity contribution >= 4 is 5.91 Å². The van der Waals surface area contributed by atoms with Crippen molar-refractivity contribution in [2.75, 3.05) is 6.61 Å². The molecule has 0 spiro atoms. The van der Waals surface area contributed by atoms with E-state index >= 15 is 0 Å². The summed E-state index contributed by atoms with van der Waals surface area (Å²) < 4.78 is 1.78. The summed E-state index contributed by atoms with van der Waals surface area (Å²) in [6.07, 6.45) is 5.20. The van der Waals surface area contributed by atoms with E-state index in [9.17, 15) is 4.79 Å². The van der Waals surface area contributed by atoms with E-state index in [0.717, 1.165) is 17.7 Å². The van der Waals surface area contributed by atoms with Crippen molar-refractivity contribution in [2.24, 2.45) is 0 Å². The van der Waals surface area contributed by atoms with E-state index in [1.165, 1.54) is 0 Å². The molecule has 21 heavy (non-hydrogen) atoms. The molecule has 0 fully saturated rings. The van der Waals surface area contributed by atoms with Gasteiger partial charge in [0.05, 0.1) is 11.9 Å². The summed E-state index contributed by atoms with van der Waals surface area (Å²) >= 11 is 0. The van der Waals surface area contributed by atoms with Crippen LogP contribution in [0.3, 0.4) is 0 Å². The Labute approximate surface area is 124 Å². The Morgan fingerprint density at radius 2 is 2.10 bits per heavy atom. The third-order valence-corrected chi connectivity index (χ3v) is 3.28. The van der Waals surface area contributed by atoms with Gasteiger partial charge in [-0.2, -0.15) is 5.10 Å². The highest BCUT2D eigenvalue weighted by Gasteiger charge is 2.09. The van der Waals surface area contributed by atoms with Crippen molar-refractivity contribution in [1.82, 2.24) is 15.1 Å². The Morgan fingerprint density at radius 3 is 2.67 bits per heavy atom.